The maximum absolute atomic E-state index is 12.1. The average molecular weight is 250 g/mol. The van der Waals surface area contributed by atoms with Crippen LogP contribution in [0.3, 0.4) is 0 Å². The minimum absolute atomic E-state index is 0.135. The summed E-state index contributed by atoms with van der Waals surface area (Å²) in [7, 11) is 1.70. The van der Waals surface area contributed by atoms with E-state index in [2.05, 4.69) is 5.32 Å². The van der Waals surface area contributed by atoms with E-state index in [0.29, 0.717) is 12.6 Å². The van der Waals surface area contributed by atoms with Crippen molar-refractivity contribution in [3.8, 4) is 11.5 Å². The van der Waals surface area contributed by atoms with Crippen molar-refractivity contribution in [2.45, 2.75) is 18.9 Å². The van der Waals surface area contributed by atoms with Gasteiger partial charge in [-0.3, -0.25) is 4.79 Å². The van der Waals surface area contributed by atoms with Gasteiger partial charge in [-0.15, -0.1) is 0 Å². The summed E-state index contributed by atoms with van der Waals surface area (Å²) in [5.74, 6) is -0.904. The fourth-order valence-electron chi connectivity index (χ4n) is 2.24. The van der Waals surface area contributed by atoms with Gasteiger partial charge in [0.15, 0.2) is 11.5 Å². The van der Waals surface area contributed by atoms with E-state index >= 15 is 0 Å². The van der Waals surface area contributed by atoms with Gasteiger partial charge in [-0.05, 0) is 31.5 Å². The molecule has 0 saturated carbocycles. The summed E-state index contributed by atoms with van der Waals surface area (Å²) < 4.78 is 0. The van der Waals surface area contributed by atoms with E-state index in [1.165, 1.54) is 12.1 Å². The Hall–Kier alpha value is -1.75. The number of rotatable bonds is 3. The first-order chi connectivity index (χ1) is 8.59. The lowest BCUT2D eigenvalue weighted by atomic mass is 10.1. The van der Waals surface area contributed by atoms with E-state index in [0.717, 1.165) is 19.4 Å². The van der Waals surface area contributed by atoms with Gasteiger partial charge in [0, 0.05) is 19.6 Å². The molecule has 0 spiro atoms. The number of nitrogens with one attached hydrogen (secondary N) is 1. The molecule has 0 radical (unpaired) electrons. The zero-order valence-electron chi connectivity index (χ0n) is 10.4. The van der Waals surface area contributed by atoms with Gasteiger partial charge >= 0.3 is 0 Å². The predicted molar refractivity (Wildman–Crippen MR) is 67.8 cm³/mol. The summed E-state index contributed by atoms with van der Waals surface area (Å²) in [5.41, 5.74) is 0.135. The van der Waals surface area contributed by atoms with E-state index in [1.54, 1.807) is 18.0 Å². The molecule has 1 saturated heterocycles. The highest BCUT2D eigenvalue weighted by atomic mass is 16.3. The first kappa shape index (κ1) is 12.7. The number of hydrogen-bond donors (Lipinski definition) is 3. The highest BCUT2D eigenvalue weighted by Gasteiger charge is 2.22. The highest BCUT2D eigenvalue weighted by Crippen LogP contribution is 2.28. The molecule has 3 N–H and O–H groups in total. The quantitative estimate of drug-likeness (QED) is 0.698. The highest BCUT2D eigenvalue weighted by molar-refractivity contribution is 5.97. The van der Waals surface area contributed by atoms with Crippen LogP contribution in [0.1, 0.15) is 23.2 Å². The molecule has 0 aromatic heterocycles. The maximum Gasteiger partial charge on any atom is 0.257 e. The minimum atomic E-state index is -0.353. The summed E-state index contributed by atoms with van der Waals surface area (Å²) in [6.45, 7) is 1.60. The number of hydrogen-bond acceptors (Lipinski definition) is 4. The number of likely N-dealkylation sites (N-methyl/N-ethyl adjacent to an activating group) is 1. The van der Waals surface area contributed by atoms with Crippen LogP contribution in [0.5, 0.6) is 11.5 Å². The Balaban J connectivity index is 2.07. The van der Waals surface area contributed by atoms with Crippen molar-refractivity contribution in [2.24, 2.45) is 0 Å². The van der Waals surface area contributed by atoms with E-state index in [4.69, 9.17) is 0 Å². The van der Waals surface area contributed by atoms with Gasteiger partial charge in [-0.25, -0.2) is 0 Å². The third kappa shape index (κ3) is 2.56. The second-order valence-corrected chi connectivity index (χ2v) is 4.65. The molecule has 1 amide bonds. The summed E-state index contributed by atoms with van der Waals surface area (Å²) in [4.78, 5) is 13.7. The largest absolute Gasteiger partial charge is 0.504 e. The number of benzene rings is 1. The molecule has 1 aromatic carbocycles. The summed E-state index contributed by atoms with van der Waals surface area (Å²) >= 11 is 0. The van der Waals surface area contributed by atoms with Gasteiger partial charge < -0.3 is 20.4 Å². The Morgan fingerprint density at radius 1 is 1.50 bits per heavy atom. The number of carbonyl (C=O) groups is 1. The molecular formula is C13H18N2O3. The molecule has 1 atom stereocenters. The zero-order chi connectivity index (χ0) is 13.1. The first-order valence-electron chi connectivity index (χ1n) is 6.09. The Morgan fingerprint density at radius 3 is 2.94 bits per heavy atom. The topological polar surface area (TPSA) is 72.8 Å². The predicted octanol–water partition coefficient (Wildman–Crippen LogP) is 0.922. The van der Waals surface area contributed by atoms with E-state index in [1.807, 2.05) is 0 Å². The van der Waals surface area contributed by atoms with Crippen molar-refractivity contribution in [3.05, 3.63) is 23.8 Å². The molecular weight excluding hydrogens is 232 g/mol. The van der Waals surface area contributed by atoms with Crippen LogP contribution in [0.4, 0.5) is 0 Å². The molecule has 18 heavy (non-hydrogen) atoms. The van der Waals surface area contributed by atoms with Crippen molar-refractivity contribution >= 4 is 5.91 Å². The average Bonchev–Trinajstić information content (AvgIpc) is 2.84. The number of aromatic hydroxyl groups is 2. The van der Waals surface area contributed by atoms with Crippen LogP contribution in [-0.4, -0.2) is 47.2 Å². The van der Waals surface area contributed by atoms with Gasteiger partial charge in [0.2, 0.25) is 0 Å². The molecule has 1 aliphatic rings. The van der Waals surface area contributed by atoms with Crippen LogP contribution in [-0.2, 0) is 0 Å². The summed E-state index contributed by atoms with van der Waals surface area (Å²) in [6.07, 6.45) is 2.19. The number of nitrogens with zero attached hydrogens (tertiary/aromatic N) is 1. The lowest BCUT2D eigenvalue weighted by Gasteiger charge is -2.21. The minimum Gasteiger partial charge on any atom is -0.504 e. The molecule has 1 unspecified atom stereocenters. The van der Waals surface area contributed by atoms with Crippen LogP contribution in [0.15, 0.2) is 18.2 Å². The number of phenolic OH excluding ortho intramolecular Hbond substituents is 2. The fourth-order valence-corrected chi connectivity index (χ4v) is 2.24. The smallest absolute Gasteiger partial charge is 0.257 e. The lowest BCUT2D eigenvalue weighted by molar-refractivity contribution is 0.0780. The van der Waals surface area contributed by atoms with Crippen molar-refractivity contribution in [3.63, 3.8) is 0 Å². The van der Waals surface area contributed by atoms with E-state index in [9.17, 15) is 15.0 Å². The fraction of sp³-hybridized carbons (Fsp3) is 0.462. The van der Waals surface area contributed by atoms with Crippen molar-refractivity contribution in [1.82, 2.24) is 10.2 Å². The molecule has 1 aliphatic heterocycles. The molecule has 5 nitrogen and oxygen atoms in total. The van der Waals surface area contributed by atoms with E-state index in [-0.39, 0.29) is 23.0 Å². The number of phenols is 2. The molecule has 1 heterocycles. The van der Waals surface area contributed by atoms with Gasteiger partial charge in [-0.1, -0.05) is 6.07 Å². The first-order valence-corrected chi connectivity index (χ1v) is 6.09. The van der Waals surface area contributed by atoms with Crippen molar-refractivity contribution in [1.29, 1.82) is 0 Å². The SMILES string of the molecule is CN(CC1CCCN1)C(=O)c1cccc(O)c1O. The van der Waals surface area contributed by atoms with Crippen LogP contribution in [0, 0.1) is 0 Å². The third-order valence-electron chi connectivity index (χ3n) is 3.25. The lowest BCUT2D eigenvalue weighted by Crippen LogP contribution is -2.38. The molecule has 2 rings (SSSR count). The normalized spacial score (nSPS) is 18.8. The molecule has 0 bridgehead atoms. The molecule has 1 fully saturated rings. The van der Waals surface area contributed by atoms with Crippen LogP contribution in [0.2, 0.25) is 0 Å². The molecule has 1 aromatic rings. The monoisotopic (exact) mass is 250 g/mol. The Bertz CT molecular complexity index is 442. The van der Waals surface area contributed by atoms with Crippen LogP contribution < -0.4 is 5.32 Å². The second kappa shape index (κ2) is 5.27. The third-order valence-corrected chi connectivity index (χ3v) is 3.25. The van der Waals surface area contributed by atoms with Gasteiger partial charge in [0.25, 0.3) is 5.91 Å². The van der Waals surface area contributed by atoms with Crippen LogP contribution in [0.25, 0.3) is 0 Å². The van der Waals surface area contributed by atoms with Gasteiger partial charge in [-0.2, -0.15) is 0 Å². The standard InChI is InChI=1S/C13H18N2O3/c1-15(8-9-4-3-7-14-9)13(18)10-5-2-6-11(16)12(10)17/h2,5-6,9,14,16-17H,3-4,7-8H2,1H3. The molecule has 0 aliphatic carbocycles. The Morgan fingerprint density at radius 2 is 2.28 bits per heavy atom. The number of para-hydroxylation sites is 1. The molecule has 5 heteroatoms. The van der Waals surface area contributed by atoms with Crippen molar-refractivity contribution < 1.29 is 15.0 Å². The molecule has 98 valence electrons. The van der Waals surface area contributed by atoms with E-state index < -0.39 is 0 Å². The zero-order valence-corrected chi connectivity index (χ0v) is 10.4. The van der Waals surface area contributed by atoms with Gasteiger partial charge in [0.05, 0.1) is 5.56 Å². The Labute approximate surface area is 106 Å². The summed E-state index contributed by atoms with van der Waals surface area (Å²) in [5, 5.41) is 22.4. The number of amides is 1. The number of carbonyl (C=O) groups excluding carboxylic acids is 1. The van der Waals surface area contributed by atoms with Crippen LogP contribution >= 0.6 is 0 Å². The van der Waals surface area contributed by atoms with Crippen molar-refractivity contribution in [2.75, 3.05) is 20.1 Å². The van der Waals surface area contributed by atoms with Gasteiger partial charge in [0.1, 0.15) is 0 Å². The maximum atomic E-state index is 12.1. The summed E-state index contributed by atoms with van der Waals surface area (Å²) in [6, 6.07) is 4.73. The Kier molecular flexibility index (Phi) is 3.72. The second-order valence-electron chi connectivity index (χ2n) is 4.65.